The molecule has 0 spiro atoms. The maximum atomic E-state index is 12.3. The van der Waals surface area contributed by atoms with Crippen LogP contribution in [-0.2, 0) is 0 Å². The molecule has 0 saturated heterocycles. The van der Waals surface area contributed by atoms with E-state index < -0.39 is 0 Å². The zero-order chi connectivity index (χ0) is 14.8. The molecular weight excluding hydrogens is 268 g/mol. The van der Waals surface area contributed by atoms with Crippen LogP contribution in [0.5, 0.6) is 17.2 Å². The van der Waals surface area contributed by atoms with Gasteiger partial charge in [0, 0.05) is 6.07 Å². The van der Waals surface area contributed by atoms with Crippen LogP contribution in [0.1, 0.15) is 22.8 Å². The van der Waals surface area contributed by atoms with Gasteiger partial charge in [-0.15, -0.1) is 0 Å². The van der Waals surface area contributed by atoms with Crippen molar-refractivity contribution in [2.75, 3.05) is 6.61 Å². The molecule has 1 N–H and O–H groups in total. The van der Waals surface area contributed by atoms with Gasteiger partial charge in [-0.05, 0) is 42.8 Å². The molecule has 106 valence electrons. The molecule has 1 aliphatic rings. The molecular formula is C17H14O4. The Morgan fingerprint density at radius 1 is 1.19 bits per heavy atom. The number of ketones is 1. The number of carbonyl (C=O) groups is 1. The van der Waals surface area contributed by atoms with E-state index in [9.17, 15) is 9.90 Å². The molecule has 0 saturated carbocycles. The fourth-order valence-corrected chi connectivity index (χ4v) is 2.15. The van der Waals surface area contributed by atoms with Crippen LogP contribution in [0.2, 0.25) is 0 Å². The number of Topliss-reactive ketones (excluding diaryl/α,β-unsaturated/α-hetero) is 1. The van der Waals surface area contributed by atoms with Crippen molar-refractivity contribution in [3.8, 4) is 17.2 Å². The third-order valence-electron chi connectivity index (χ3n) is 3.14. The summed E-state index contributed by atoms with van der Waals surface area (Å²) in [7, 11) is 0. The summed E-state index contributed by atoms with van der Waals surface area (Å²) in [5, 5.41) is 9.26. The minimum Gasteiger partial charge on any atom is -0.508 e. The summed E-state index contributed by atoms with van der Waals surface area (Å²) in [5.74, 6) is 1.48. The Kier molecular flexibility index (Phi) is 3.36. The third-order valence-corrected chi connectivity index (χ3v) is 3.14. The van der Waals surface area contributed by atoms with Crippen LogP contribution in [0, 0.1) is 0 Å². The average molecular weight is 282 g/mol. The molecule has 2 aromatic carbocycles. The SMILES string of the molecule is CCOc1ccc2c(c1)OC(=Cc1ccc(O)cc1)C2=O. The number of rotatable bonds is 3. The summed E-state index contributed by atoms with van der Waals surface area (Å²) in [5.41, 5.74) is 1.32. The van der Waals surface area contributed by atoms with Crippen molar-refractivity contribution in [2.24, 2.45) is 0 Å². The zero-order valence-corrected chi connectivity index (χ0v) is 11.5. The maximum Gasteiger partial charge on any atom is 0.231 e. The van der Waals surface area contributed by atoms with E-state index in [1.165, 1.54) is 0 Å². The van der Waals surface area contributed by atoms with Crippen LogP contribution in [-0.4, -0.2) is 17.5 Å². The van der Waals surface area contributed by atoms with Gasteiger partial charge in [-0.2, -0.15) is 0 Å². The van der Waals surface area contributed by atoms with E-state index in [4.69, 9.17) is 9.47 Å². The second kappa shape index (κ2) is 5.32. The van der Waals surface area contributed by atoms with Gasteiger partial charge < -0.3 is 14.6 Å². The highest BCUT2D eigenvalue weighted by atomic mass is 16.5. The van der Waals surface area contributed by atoms with E-state index in [1.807, 2.05) is 6.92 Å². The van der Waals surface area contributed by atoms with E-state index in [2.05, 4.69) is 0 Å². The molecule has 0 aliphatic carbocycles. The molecule has 2 aromatic rings. The first-order valence-electron chi connectivity index (χ1n) is 6.67. The summed E-state index contributed by atoms with van der Waals surface area (Å²) in [6.45, 7) is 2.46. The molecule has 0 atom stereocenters. The Balaban J connectivity index is 1.90. The van der Waals surface area contributed by atoms with Gasteiger partial charge in [0.05, 0.1) is 12.2 Å². The van der Waals surface area contributed by atoms with Gasteiger partial charge in [0.15, 0.2) is 5.76 Å². The monoisotopic (exact) mass is 282 g/mol. The number of phenols is 1. The summed E-state index contributed by atoms with van der Waals surface area (Å²) in [6, 6.07) is 11.7. The fourth-order valence-electron chi connectivity index (χ4n) is 2.15. The van der Waals surface area contributed by atoms with Crippen LogP contribution in [0.25, 0.3) is 6.08 Å². The van der Waals surface area contributed by atoms with Gasteiger partial charge in [-0.3, -0.25) is 4.79 Å². The van der Waals surface area contributed by atoms with Crippen LogP contribution < -0.4 is 9.47 Å². The van der Waals surface area contributed by atoms with Crippen molar-refractivity contribution < 1.29 is 19.4 Å². The van der Waals surface area contributed by atoms with Gasteiger partial charge in [-0.25, -0.2) is 0 Å². The standard InChI is InChI=1S/C17H14O4/c1-2-20-13-7-8-14-15(10-13)21-16(17(14)19)9-11-3-5-12(18)6-4-11/h3-10,18H,2H2,1H3. The average Bonchev–Trinajstić information content (AvgIpc) is 2.78. The maximum absolute atomic E-state index is 12.3. The number of phenolic OH excluding ortho intramolecular Hbond substituents is 1. The molecule has 21 heavy (non-hydrogen) atoms. The topological polar surface area (TPSA) is 55.8 Å². The lowest BCUT2D eigenvalue weighted by molar-refractivity contribution is 0.101. The zero-order valence-electron chi connectivity index (χ0n) is 11.5. The second-order valence-electron chi connectivity index (χ2n) is 4.62. The summed E-state index contributed by atoms with van der Waals surface area (Å²) in [4.78, 5) is 12.3. The molecule has 0 fully saturated rings. The number of benzene rings is 2. The lowest BCUT2D eigenvalue weighted by Crippen LogP contribution is -1.97. The van der Waals surface area contributed by atoms with Gasteiger partial charge >= 0.3 is 0 Å². The fraction of sp³-hybridized carbons (Fsp3) is 0.118. The smallest absolute Gasteiger partial charge is 0.231 e. The molecule has 3 rings (SSSR count). The summed E-state index contributed by atoms with van der Waals surface area (Å²) < 4.78 is 11.0. The number of carbonyl (C=O) groups excluding carboxylic acids is 1. The molecule has 1 heterocycles. The predicted octanol–water partition coefficient (Wildman–Crippen LogP) is 3.41. The van der Waals surface area contributed by atoms with E-state index in [0.717, 1.165) is 5.56 Å². The highest BCUT2D eigenvalue weighted by Crippen LogP contribution is 2.34. The van der Waals surface area contributed by atoms with E-state index in [1.54, 1.807) is 48.5 Å². The van der Waals surface area contributed by atoms with Crippen molar-refractivity contribution in [1.29, 1.82) is 0 Å². The van der Waals surface area contributed by atoms with Crippen LogP contribution >= 0.6 is 0 Å². The first-order valence-corrected chi connectivity index (χ1v) is 6.67. The Morgan fingerprint density at radius 2 is 1.95 bits per heavy atom. The Labute approximate surface area is 122 Å². The van der Waals surface area contributed by atoms with Gasteiger partial charge in [0.1, 0.15) is 17.2 Å². The number of aromatic hydroxyl groups is 1. The molecule has 4 nitrogen and oxygen atoms in total. The quantitative estimate of drug-likeness (QED) is 0.876. The minimum atomic E-state index is -0.152. The number of fused-ring (bicyclic) bond motifs is 1. The number of ether oxygens (including phenoxy) is 2. The van der Waals surface area contributed by atoms with Gasteiger partial charge in [0.25, 0.3) is 0 Å². The molecule has 0 aromatic heterocycles. The Hall–Kier alpha value is -2.75. The lowest BCUT2D eigenvalue weighted by atomic mass is 10.1. The first kappa shape index (κ1) is 13.2. The van der Waals surface area contributed by atoms with Crippen molar-refractivity contribution in [2.45, 2.75) is 6.92 Å². The largest absolute Gasteiger partial charge is 0.508 e. The van der Waals surface area contributed by atoms with Crippen molar-refractivity contribution in [3.05, 3.63) is 59.4 Å². The lowest BCUT2D eigenvalue weighted by Gasteiger charge is -2.03. The summed E-state index contributed by atoms with van der Waals surface area (Å²) >= 11 is 0. The van der Waals surface area contributed by atoms with E-state index in [0.29, 0.717) is 23.7 Å². The highest BCUT2D eigenvalue weighted by molar-refractivity contribution is 6.14. The van der Waals surface area contributed by atoms with E-state index in [-0.39, 0.29) is 17.3 Å². The Morgan fingerprint density at radius 3 is 2.67 bits per heavy atom. The molecule has 4 heteroatoms. The van der Waals surface area contributed by atoms with Crippen molar-refractivity contribution in [1.82, 2.24) is 0 Å². The predicted molar refractivity (Wildman–Crippen MR) is 78.7 cm³/mol. The van der Waals surface area contributed by atoms with Crippen LogP contribution in [0.15, 0.2) is 48.2 Å². The van der Waals surface area contributed by atoms with Crippen LogP contribution in [0.3, 0.4) is 0 Å². The number of hydrogen-bond acceptors (Lipinski definition) is 4. The van der Waals surface area contributed by atoms with Crippen molar-refractivity contribution >= 4 is 11.9 Å². The van der Waals surface area contributed by atoms with Crippen molar-refractivity contribution in [3.63, 3.8) is 0 Å². The molecule has 0 amide bonds. The molecule has 0 unspecified atom stereocenters. The second-order valence-corrected chi connectivity index (χ2v) is 4.62. The van der Waals surface area contributed by atoms with Gasteiger partial charge in [-0.1, -0.05) is 12.1 Å². The number of allylic oxidation sites excluding steroid dienone is 1. The highest BCUT2D eigenvalue weighted by Gasteiger charge is 2.27. The molecule has 0 bridgehead atoms. The van der Waals surface area contributed by atoms with E-state index >= 15 is 0 Å². The molecule has 0 radical (unpaired) electrons. The number of hydrogen-bond donors (Lipinski definition) is 1. The third kappa shape index (κ3) is 2.60. The normalized spacial score (nSPS) is 14.9. The Bertz CT molecular complexity index is 714. The first-order chi connectivity index (χ1) is 10.2. The van der Waals surface area contributed by atoms with Gasteiger partial charge in [0.2, 0.25) is 5.78 Å². The van der Waals surface area contributed by atoms with Crippen LogP contribution in [0.4, 0.5) is 0 Å². The summed E-state index contributed by atoms with van der Waals surface area (Å²) in [6.07, 6.45) is 1.65. The minimum absolute atomic E-state index is 0.152. The molecule has 1 aliphatic heterocycles.